The fourth-order valence-corrected chi connectivity index (χ4v) is 8.98. The summed E-state index contributed by atoms with van der Waals surface area (Å²) in [6.45, 7) is 2.12. The molecule has 39 heavy (non-hydrogen) atoms. The number of esters is 2. The van der Waals surface area contributed by atoms with E-state index in [1.807, 2.05) is 12.1 Å². The quantitative estimate of drug-likeness (QED) is 0.388. The lowest BCUT2D eigenvalue weighted by Gasteiger charge is -2.56. The van der Waals surface area contributed by atoms with Gasteiger partial charge in [0.25, 0.3) is 0 Å². The maximum absolute atomic E-state index is 13.7. The van der Waals surface area contributed by atoms with Gasteiger partial charge in [-0.2, -0.15) is 0 Å². The van der Waals surface area contributed by atoms with E-state index >= 15 is 0 Å². The molecule has 5 nitrogen and oxygen atoms in total. The SMILES string of the molecule is CCCC=C1OC(=O)C2=C(c3cccc(O)c3)C3CCC12C1C2=C(CCC31)C(=CCCC1CCCC1)OC2=O. The molecular formula is C34H38O5. The Labute approximate surface area is 230 Å². The van der Waals surface area contributed by atoms with E-state index in [0.717, 1.165) is 91.1 Å². The van der Waals surface area contributed by atoms with Crippen molar-refractivity contribution in [2.24, 2.45) is 29.1 Å². The van der Waals surface area contributed by atoms with Crippen molar-refractivity contribution in [3.05, 3.63) is 70.2 Å². The van der Waals surface area contributed by atoms with Crippen LogP contribution in [0.2, 0.25) is 0 Å². The first-order valence-electron chi connectivity index (χ1n) is 15.2. The summed E-state index contributed by atoms with van der Waals surface area (Å²) in [5.74, 6) is 2.24. The molecule has 5 heteroatoms. The van der Waals surface area contributed by atoms with Gasteiger partial charge in [-0.25, -0.2) is 9.59 Å². The third-order valence-corrected chi connectivity index (χ3v) is 10.5. The number of aromatic hydroxyl groups is 1. The molecule has 2 aliphatic heterocycles. The van der Waals surface area contributed by atoms with Crippen molar-refractivity contribution in [1.29, 1.82) is 0 Å². The number of ether oxygens (including phenoxy) is 2. The van der Waals surface area contributed by atoms with E-state index in [9.17, 15) is 14.7 Å². The molecule has 1 aromatic carbocycles. The lowest BCUT2D eigenvalue weighted by molar-refractivity contribution is -0.135. The van der Waals surface area contributed by atoms with Gasteiger partial charge in [-0.05, 0) is 98.1 Å². The number of carbonyl (C=O) groups excluding carboxylic acids is 2. The minimum atomic E-state index is -0.647. The van der Waals surface area contributed by atoms with Gasteiger partial charge in [-0.3, -0.25) is 0 Å². The fourth-order valence-electron chi connectivity index (χ4n) is 8.98. The van der Waals surface area contributed by atoms with Gasteiger partial charge in [-0.1, -0.05) is 51.2 Å². The molecule has 1 aromatic rings. The van der Waals surface area contributed by atoms with Crippen LogP contribution in [0, 0.1) is 29.1 Å². The van der Waals surface area contributed by atoms with Gasteiger partial charge in [0.05, 0.1) is 11.0 Å². The van der Waals surface area contributed by atoms with E-state index in [-0.39, 0.29) is 35.4 Å². The maximum Gasteiger partial charge on any atom is 0.340 e. The zero-order valence-electron chi connectivity index (χ0n) is 22.8. The van der Waals surface area contributed by atoms with Crippen LogP contribution in [0.4, 0.5) is 0 Å². The lowest BCUT2D eigenvalue weighted by atomic mass is 9.44. The average molecular weight is 527 g/mol. The van der Waals surface area contributed by atoms with E-state index in [2.05, 4.69) is 19.1 Å². The van der Waals surface area contributed by atoms with E-state index in [0.29, 0.717) is 5.57 Å². The van der Waals surface area contributed by atoms with E-state index in [4.69, 9.17) is 9.47 Å². The molecule has 5 aliphatic carbocycles. The molecule has 2 saturated carbocycles. The Morgan fingerprint density at radius 3 is 2.64 bits per heavy atom. The number of hydrogen-bond donors (Lipinski definition) is 1. The van der Waals surface area contributed by atoms with Crippen LogP contribution in [0.3, 0.4) is 0 Å². The van der Waals surface area contributed by atoms with Crippen molar-refractivity contribution in [3.63, 3.8) is 0 Å². The number of carbonyl (C=O) groups is 2. The molecule has 204 valence electrons. The molecule has 0 aromatic heterocycles. The molecule has 1 N–H and O–H groups in total. The highest BCUT2D eigenvalue weighted by molar-refractivity contribution is 6.06. The number of unbranched alkanes of at least 4 members (excludes halogenated alkanes) is 1. The van der Waals surface area contributed by atoms with Gasteiger partial charge < -0.3 is 14.6 Å². The van der Waals surface area contributed by atoms with Crippen LogP contribution in [0.5, 0.6) is 5.75 Å². The monoisotopic (exact) mass is 526 g/mol. The summed E-state index contributed by atoms with van der Waals surface area (Å²) in [6.07, 6.45) is 17.0. The zero-order chi connectivity index (χ0) is 26.7. The summed E-state index contributed by atoms with van der Waals surface area (Å²) in [7, 11) is 0. The summed E-state index contributed by atoms with van der Waals surface area (Å²) in [5.41, 5.74) is 3.86. The molecule has 7 aliphatic rings. The van der Waals surface area contributed by atoms with Gasteiger partial charge in [0.1, 0.15) is 17.3 Å². The van der Waals surface area contributed by atoms with Crippen molar-refractivity contribution in [2.75, 3.05) is 0 Å². The van der Waals surface area contributed by atoms with E-state index < -0.39 is 5.41 Å². The maximum atomic E-state index is 13.7. The molecule has 0 amide bonds. The number of cyclic esters (lactones) is 2. The normalized spacial score (nSPS) is 33.6. The molecule has 1 spiro atoms. The Morgan fingerprint density at radius 2 is 1.85 bits per heavy atom. The van der Waals surface area contributed by atoms with Crippen LogP contribution >= 0.6 is 0 Å². The topological polar surface area (TPSA) is 72.8 Å². The highest BCUT2D eigenvalue weighted by Gasteiger charge is 2.68. The van der Waals surface area contributed by atoms with Crippen LogP contribution in [-0.4, -0.2) is 17.0 Å². The highest BCUT2D eigenvalue weighted by Crippen LogP contribution is 2.71. The average Bonchev–Trinajstić information content (AvgIpc) is 3.65. The van der Waals surface area contributed by atoms with Crippen molar-refractivity contribution in [3.8, 4) is 5.75 Å². The van der Waals surface area contributed by atoms with E-state index in [1.54, 1.807) is 12.1 Å². The van der Waals surface area contributed by atoms with Crippen molar-refractivity contribution >= 4 is 17.5 Å². The summed E-state index contributed by atoms with van der Waals surface area (Å²) in [5, 5.41) is 10.3. The second-order valence-corrected chi connectivity index (χ2v) is 12.5. The molecular weight excluding hydrogens is 488 g/mol. The number of hydrogen-bond acceptors (Lipinski definition) is 5. The first kappa shape index (κ1) is 24.9. The number of allylic oxidation sites excluding steroid dienone is 5. The fraction of sp³-hybridized carbons (Fsp3) is 0.529. The number of benzene rings is 1. The summed E-state index contributed by atoms with van der Waals surface area (Å²) < 4.78 is 12.1. The van der Waals surface area contributed by atoms with Crippen LogP contribution in [0.15, 0.2) is 64.7 Å². The molecule has 3 fully saturated rings. The third kappa shape index (κ3) is 3.72. The van der Waals surface area contributed by atoms with E-state index in [1.165, 1.54) is 25.7 Å². The summed E-state index contributed by atoms with van der Waals surface area (Å²) in [6, 6.07) is 7.28. The highest BCUT2D eigenvalue weighted by atomic mass is 16.5. The van der Waals surface area contributed by atoms with Gasteiger partial charge in [0, 0.05) is 17.1 Å². The smallest absolute Gasteiger partial charge is 0.340 e. The predicted octanol–water partition coefficient (Wildman–Crippen LogP) is 7.53. The number of rotatable bonds is 6. The van der Waals surface area contributed by atoms with Crippen LogP contribution in [-0.2, 0) is 19.1 Å². The molecule has 1 saturated heterocycles. The first-order valence-corrected chi connectivity index (χ1v) is 15.2. The standard InChI is InChI=1S/C34H38O5/c1-2-3-14-27-34-18-17-23(28(31(34)33(37)39-27)21-11-7-12-22(35)19-21)24-15-16-25-26(38-32(36)29(25)30(24)34)13-6-10-20-8-4-5-9-20/h7,11-14,19-20,23-24,30,35H,2-6,8-10,15-18H2,1H3. The Morgan fingerprint density at radius 1 is 1.00 bits per heavy atom. The van der Waals surface area contributed by atoms with Crippen LogP contribution < -0.4 is 0 Å². The minimum Gasteiger partial charge on any atom is -0.508 e. The van der Waals surface area contributed by atoms with Gasteiger partial charge in [0.2, 0.25) is 0 Å². The Hall–Kier alpha value is -3.08. The van der Waals surface area contributed by atoms with Crippen LogP contribution in [0.1, 0.15) is 89.5 Å². The molecule has 2 heterocycles. The van der Waals surface area contributed by atoms with Crippen molar-refractivity contribution in [1.82, 2.24) is 0 Å². The second kappa shape index (κ2) is 9.53. The summed E-state index contributed by atoms with van der Waals surface area (Å²) >= 11 is 0. The van der Waals surface area contributed by atoms with Gasteiger partial charge in [-0.15, -0.1) is 0 Å². The van der Waals surface area contributed by atoms with Crippen molar-refractivity contribution in [2.45, 2.75) is 84.0 Å². The third-order valence-electron chi connectivity index (χ3n) is 10.5. The molecule has 4 unspecified atom stereocenters. The molecule has 8 rings (SSSR count). The lowest BCUT2D eigenvalue weighted by Crippen LogP contribution is -2.52. The zero-order valence-corrected chi connectivity index (χ0v) is 22.8. The summed E-state index contributed by atoms with van der Waals surface area (Å²) in [4.78, 5) is 27.3. The first-order chi connectivity index (χ1) is 19.0. The number of fused-ring (bicyclic) bond motifs is 1. The molecule has 2 bridgehead atoms. The van der Waals surface area contributed by atoms with Gasteiger partial charge >= 0.3 is 11.9 Å². The van der Waals surface area contributed by atoms with Crippen LogP contribution in [0.25, 0.3) is 5.57 Å². The molecule has 4 atom stereocenters. The number of phenols is 1. The second-order valence-electron chi connectivity index (χ2n) is 12.5. The predicted molar refractivity (Wildman–Crippen MR) is 148 cm³/mol. The Bertz CT molecular complexity index is 1350. The van der Waals surface area contributed by atoms with Crippen molar-refractivity contribution < 1.29 is 24.2 Å². The molecule has 0 radical (unpaired) electrons. The Balaban J connectivity index is 1.36. The number of phenolic OH excluding ortho intramolecular Hbond substituents is 1. The minimum absolute atomic E-state index is 0.112. The largest absolute Gasteiger partial charge is 0.508 e. The van der Waals surface area contributed by atoms with Gasteiger partial charge in [0.15, 0.2) is 0 Å². The Kier molecular flexibility index (Phi) is 6.09.